The van der Waals surface area contributed by atoms with E-state index in [9.17, 15) is 26.4 Å². The number of hydrogen-bond donors (Lipinski definition) is 0. The smallest absolute Gasteiger partial charge is 0.360 e. The van der Waals surface area contributed by atoms with Gasteiger partial charge in [-0.3, -0.25) is 9.78 Å². The van der Waals surface area contributed by atoms with Gasteiger partial charge in [0.1, 0.15) is 0 Å². The maximum Gasteiger partial charge on any atom is 0.417 e. The van der Waals surface area contributed by atoms with E-state index in [1.807, 2.05) is 0 Å². The average molecular weight is 442 g/mol. The fraction of sp³-hybridized carbons (Fsp3) is 0.400. The molecule has 0 saturated heterocycles. The zero-order chi connectivity index (χ0) is 22.3. The molecular formula is C20H21F3N2O4S. The van der Waals surface area contributed by atoms with E-state index < -0.39 is 44.4 Å². The molecule has 3 rings (SSSR count). The Kier molecular flexibility index (Phi) is 5.68. The van der Waals surface area contributed by atoms with E-state index in [0.717, 1.165) is 11.0 Å². The molecule has 10 heteroatoms. The Morgan fingerprint density at radius 1 is 1.20 bits per heavy atom. The second-order valence-electron chi connectivity index (χ2n) is 7.95. The van der Waals surface area contributed by atoms with Gasteiger partial charge >= 0.3 is 6.18 Å². The monoisotopic (exact) mass is 442 g/mol. The number of nitrogens with zero attached hydrogens (tertiary/aromatic N) is 2. The van der Waals surface area contributed by atoms with Crippen LogP contribution in [0.5, 0.6) is 0 Å². The van der Waals surface area contributed by atoms with Crippen molar-refractivity contribution in [1.82, 2.24) is 9.88 Å². The number of fused-ring (bicyclic) bond motifs is 1. The molecule has 0 fully saturated rings. The van der Waals surface area contributed by atoms with Crippen molar-refractivity contribution in [3.8, 4) is 0 Å². The third kappa shape index (κ3) is 4.65. The Bertz CT molecular complexity index is 1050. The number of aromatic nitrogens is 1. The van der Waals surface area contributed by atoms with Crippen molar-refractivity contribution < 1.29 is 31.1 Å². The molecule has 6 nitrogen and oxygen atoms in total. The molecule has 1 aliphatic heterocycles. The molecule has 0 saturated carbocycles. The van der Waals surface area contributed by atoms with Crippen LogP contribution in [0.15, 0.2) is 42.6 Å². The molecule has 0 bridgehead atoms. The zero-order valence-electron chi connectivity index (χ0n) is 16.6. The number of pyridine rings is 1. The standard InChI is InChI=1S/C20H21F3N2O4S/c1-19(2,3)29-12-30(27,28)18-15-9-14(20(21,22)23)10-24-16(15)11-25(18)17(26)13-7-5-4-6-8-13/h4-10,18H,11-12H2,1-3H3. The average Bonchev–Trinajstić information content (AvgIpc) is 3.05. The molecule has 0 aliphatic carbocycles. The van der Waals surface area contributed by atoms with Crippen LogP contribution in [0.25, 0.3) is 0 Å². The summed E-state index contributed by atoms with van der Waals surface area (Å²) in [7, 11) is -4.20. The molecular weight excluding hydrogens is 421 g/mol. The summed E-state index contributed by atoms with van der Waals surface area (Å²) in [6.45, 7) is 4.74. The van der Waals surface area contributed by atoms with Crippen LogP contribution >= 0.6 is 0 Å². The SMILES string of the molecule is CC(C)(C)OCS(=O)(=O)C1c2cc(C(F)(F)F)cnc2CN1C(=O)c1ccccc1. The highest BCUT2D eigenvalue weighted by Gasteiger charge is 2.45. The normalized spacial score (nSPS) is 17.1. The summed E-state index contributed by atoms with van der Waals surface area (Å²) in [5.41, 5.74) is -1.71. The van der Waals surface area contributed by atoms with Gasteiger partial charge in [0.2, 0.25) is 0 Å². The fourth-order valence-corrected chi connectivity index (χ4v) is 4.85. The first-order valence-electron chi connectivity index (χ1n) is 9.07. The summed E-state index contributed by atoms with van der Waals surface area (Å²) >= 11 is 0. The lowest BCUT2D eigenvalue weighted by atomic mass is 10.1. The van der Waals surface area contributed by atoms with Crippen LogP contribution in [-0.2, 0) is 27.3 Å². The molecule has 0 radical (unpaired) electrons. The molecule has 1 aromatic heterocycles. The van der Waals surface area contributed by atoms with Gasteiger partial charge in [-0.1, -0.05) is 18.2 Å². The van der Waals surface area contributed by atoms with E-state index >= 15 is 0 Å². The number of ether oxygens (including phenoxy) is 1. The van der Waals surface area contributed by atoms with Gasteiger partial charge in [-0.25, -0.2) is 8.42 Å². The number of sulfone groups is 1. The van der Waals surface area contributed by atoms with Crippen LogP contribution in [-0.4, -0.2) is 35.7 Å². The lowest BCUT2D eigenvalue weighted by Crippen LogP contribution is -2.36. The zero-order valence-corrected chi connectivity index (χ0v) is 17.4. The first kappa shape index (κ1) is 22.2. The predicted molar refractivity (Wildman–Crippen MR) is 103 cm³/mol. The molecule has 2 heterocycles. The Balaban J connectivity index is 2.08. The van der Waals surface area contributed by atoms with Crippen molar-refractivity contribution in [3.05, 3.63) is 65.0 Å². The second kappa shape index (κ2) is 7.66. The molecule has 1 atom stereocenters. The molecule has 1 aromatic carbocycles. The van der Waals surface area contributed by atoms with E-state index in [1.165, 1.54) is 12.1 Å². The van der Waals surface area contributed by atoms with E-state index in [-0.39, 0.29) is 23.4 Å². The van der Waals surface area contributed by atoms with Crippen LogP contribution in [0.4, 0.5) is 13.2 Å². The third-order valence-corrected chi connectivity index (χ3v) is 6.11. The van der Waals surface area contributed by atoms with Gasteiger partial charge in [-0.05, 0) is 39.0 Å². The summed E-state index contributed by atoms with van der Waals surface area (Å²) in [6, 6.07) is 8.69. The number of hydrogen-bond acceptors (Lipinski definition) is 5. The van der Waals surface area contributed by atoms with E-state index in [0.29, 0.717) is 6.20 Å². The van der Waals surface area contributed by atoms with E-state index in [4.69, 9.17) is 4.74 Å². The molecule has 2 aromatic rings. The number of amides is 1. The van der Waals surface area contributed by atoms with Crippen molar-refractivity contribution in [3.63, 3.8) is 0 Å². The number of carbonyl (C=O) groups is 1. The summed E-state index contributed by atoms with van der Waals surface area (Å²) in [5.74, 6) is -1.37. The van der Waals surface area contributed by atoms with Crippen molar-refractivity contribution in [1.29, 1.82) is 0 Å². The minimum Gasteiger partial charge on any atom is -0.360 e. The Morgan fingerprint density at radius 2 is 1.83 bits per heavy atom. The number of rotatable bonds is 4. The van der Waals surface area contributed by atoms with Crippen LogP contribution in [0.1, 0.15) is 53.3 Å². The molecule has 1 amide bonds. The lowest BCUT2D eigenvalue weighted by Gasteiger charge is -2.27. The molecule has 1 aliphatic rings. The van der Waals surface area contributed by atoms with Gasteiger partial charge in [-0.2, -0.15) is 13.2 Å². The Hall–Kier alpha value is -2.46. The van der Waals surface area contributed by atoms with Gasteiger partial charge in [-0.15, -0.1) is 0 Å². The van der Waals surface area contributed by atoms with Crippen molar-refractivity contribution >= 4 is 15.7 Å². The van der Waals surface area contributed by atoms with Crippen molar-refractivity contribution in [2.75, 3.05) is 5.94 Å². The van der Waals surface area contributed by atoms with Crippen LogP contribution < -0.4 is 0 Å². The van der Waals surface area contributed by atoms with Gasteiger partial charge in [0.25, 0.3) is 5.91 Å². The topological polar surface area (TPSA) is 76.6 Å². The maximum atomic E-state index is 13.2. The third-order valence-electron chi connectivity index (χ3n) is 4.48. The van der Waals surface area contributed by atoms with Crippen molar-refractivity contribution in [2.24, 2.45) is 0 Å². The molecule has 1 unspecified atom stereocenters. The van der Waals surface area contributed by atoms with E-state index in [2.05, 4.69) is 4.98 Å². The van der Waals surface area contributed by atoms with Gasteiger partial charge in [0, 0.05) is 17.3 Å². The first-order chi connectivity index (χ1) is 13.8. The molecule has 30 heavy (non-hydrogen) atoms. The molecule has 162 valence electrons. The van der Waals surface area contributed by atoms with Crippen molar-refractivity contribution in [2.45, 2.75) is 44.5 Å². The highest BCUT2D eigenvalue weighted by Crippen LogP contribution is 2.41. The molecule has 0 spiro atoms. The second-order valence-corrected chi connectivity index (χ2v) is 9.95. The van der Waals surface area contributed by atoms with Gasteiger partial charge in [0.15, 0.2) is 21.2 Å². The van der Waals surface area contributed by atoms with Crippen LogP contribution in [0.2, 0.25) is 0 Å². The number of alkyl halides is 3. The van der Waals surface area contributed by atoms with Crippen LogP contribution in [0.3, 0.4) is 0 Å². The van der Waals surface area contributed by atoms with E-state index in [1.54, 1.807) is 39.0 Å². The Morgan fingerprint density at radius 3 is 2.40 bits per heavy atom. The lowest BCUT2D eigenvalue weighted by molar-refractivity contribution is -0.137. The number of halogens is 3. The predicted octanol–water partition coefficient (Wildman–Crippen LogP) is 3.94. The van der Waals surface area contributed by atoms with Crippen LogP contribution in [0, 0.1) is 0 Å². The summed E-state index contributed by atoms with van der Waals surface area (Å²) < 4.78 is 71.3. The number of carbonyl (C=O) groups excluding carboxylic acids is 1. The molecule has 0 N–H and O–H groups in total. The van der Waals surface area contributed by atoms with Gasteiger partial charge in [0.05, 0.1) is 23.4 Å². The maximum absolute atomic E-state index is 13.2. The minimum atomic E-state index is -4.70. The largest absolute Gasteiger partial charge is 0.417 e. The quantitative estimate of drug-likeness (QED) is 0.717. The summed E-state index contributed by atoms with van der Waals surface area (Å²) in [6.07, 6.45) is -4.06. The van der Waals surface area contributed by atoms with Gasteiger partial charge < -0.3 is 9.64 Å². The minimum absolute atomic E-state index is 0.108. The Labute approximate surface area is 172 Å². The summed E-state index contributed by atoms with van der Waals surface area (Å²) in [4.78, 5) is 17.9. The highest BCUT2D eigenvalue weighted by atomic mass is 32.2. The summed E-state index contributed by atoms with van der Waals surface area (Å²) in [5, 5.41) is -1.63. The first-order valence-corrected chi connectivity index (χ1v) is 10.8. The fourth-order valence-electron chi connectivity index (χ4n) is 3.06. The number of benzene rings is 1. The highest BCUT2D eigenvalue weighted by molar-refractivity contribution is 7.91.